The molecule has 0 saturated heterocycles. The molecular weight excluding hydrogens is 150 g/mol. The van der Waals surface area contributed by atoms with Crippen LogP contribution in [0.5, 0.6) is 0 Å². The molecule has 1 aromatic rings. The third-order valence-electron chi connectivity index (χ3n) is 1.61. The average Bonchev–Trinajstić information content (AvgIpc) is 2.16. The molecule has 0 fully saturated rings. The summed E-state index contributed by atoms with van der Waals surface area (Å²) in [6, 6.07) is 11.3. The lowest BCUT2D eigenvalue weighted by Crippen LogP contribution is -1.95. The number of Topliss-reactive ketones (excluding diaryl/α,β-unsaturated/α-hetero) is 1. The molecule has 0 bridgehead atoms. The second-order valence-electron chi connectivity index (χ2n) is 2.52. The van der Waals surface area contributed by atoms with Crippen molar-refractivity contribution >= 4 is 5.78 Å². The van der Waals surface area contributed by atoms with E-state index in [1.165, 1.54) is 0 Å². The minimum Gasteiger partial charge on any atom is -0.283 e. The quantitative estimate of drug-likeness (QED) is 0.630. The summed E-state index contributed by atoms with van der Waals surface area (Å²) >= 11 is 0. The highest BCUT2D eigenvalue weighted by atomic mass is 16.1. The molecule has 0 amide bonds. The van der Waals surface area contributed by atoms with Gasteiger partial charge in [0.15, 0.2) is 0 Å². The van der Waals surface area contributed by atoms with Crippen molar-refractivity contribution in [2.75, 3.05) is 0 Å². The van der Waals surface area contributed by atoms with E-state index < -0.39 is 0 Å². The van der Waals surface area contributed by atoms with Crippen LogP contribution in [0.2, 0.25) is 0 Å². The lowest BCUT2D eigenvalue weighted by molar-refractivity contribution is -0.113. The lowest BCUT2D eigenvalue weighted by Gasteiger charge is -1.95. The van der Waals surface area contributed by atoms with Crippen LogP contribution in [0.25, 0.3) is 0 Å². The zero-order valence-electron chi connectivity index (χ0n) is 6.66. The number of ketones is 1. The fraction of sp³-hybridized carbons (Fsp3) is 0.200. The Hall–Kier alpha value is -1.62. The van der Waals surface area contributed by atoms with Gasteiger partial charge in [-0.3, -0.25) is 4.79 Å². The number of carbonyl (C=O) groups is 1. The molecule has 0 heterocycles. The number of hydrogen-bond acceptors (Lipinski definition) is 2. The maximum absolute atomic E-state index is 10.6. The van der Waals surface area contributed by atoms with Gasteiger partial charge >= 0.3 is 0 Å². The first-order valence-corrected chi connectivity index (χ1v) is 3.80. The van der Waals surface area contributed by atoms with Gasteiger partial charge in [0.2, 0.25) is 5.78 Å². The van der Waals surface area contributed by atoms with Crippen LogP contribution in [0, 0.1) is 11.3 Å². The third-order valence-corrected chi connectivity index (χ3v) is 1.61. The van der Waals surface area contributed by atoms with Gasteiger partial charge in [0.25, 0.3) is 0 Å². The molecule has 12 heavy (non-hydrogen) atoms. The van der Waals surface area contributed by atoms with E-state index in [1.807, 2.05) is 30.3 Å². The smallest absolute Gasteiger partial charge is 0.232 e. The largest absolute Gasteiger partial charge is 0.283 e. The van der Waals surface area contributed by atoms with Crippen molar-refractivity contribution in [1.29, 1.82) is 5.26 Å². The lowest BCUT2D eigenvalue weighted by atomic mass is 10.1. The summed E-state index contributed by atoms with van der Waals surface area (Å²) in [5.74, 6) is -0.348. The van der Waals surface area contributed by atoms with Crippen molar-refractivity contribution in [2.45, 2.75) is 12.8 Å². The molecule has 0 aliphatic heterocycles. The number of aryl methyl sites for hydroxylation is 1. The van der Waals surface area contributed by atoms with Crippen LogP contribution in [-0.4, -0.2) is 5.78 Å². The van der Waals surface area contributed by atoms with Gasteiger partial charge in [-0.1, -0.05) is 30.3 Å². The summed E-state index contributed by atoms with van der Waals surface area (Å²) in [5, 5.41) is 8.21. The number of nitriles is 1. The van der Waals surface area contributed by atoms with Crippen LogP contribution in [0.4, 0.5) is 0 Å². The van der Waals surface area contributed by atoms with E-state index >= 15 is 0 Å². The van der Waals surface area contributed by atoms with Gasteiger partial charge in [-0.05, 0) is 12.0 Å². The maximum atomic E-state index is 10.6. The minimum atomic E-state index is -0.348. The van der Waals surface area contributed by atoms with Crippen molar-refractivity contribution in [1.82, 2.24) is 0 Å². The molecule has 0 spiro atoms. The summed E-state index contributed by atoms with van der Waals surface area (Å²) in [6.45, 7) is 0. The van der Waals surface area contributed by atoms with Crippen LogP contribution in [-0.2, 0) is 11.2 Å². The fourth-order valence-electron chi connectivity index (χ4n) is 0.958. The molecule has 0 radical (unpaired) electrons. The van der Waals surface area contributed by atoms with E-state index in [9.17, 15) is 4.79 Å². The van der Waals surface area contributed by atoms with E-state index in [1.54, 1.807) is 6.07 Å². The molecule has 0 aliphatic rings. The second-order valence-corrected chi connectivity index (χ2v) is 2.52. The fourth-order valence-corrected chi connectivity index (χ4v) is 0.958. The van der Waals surface area contributed by atoms with E-state index in [2.05, 4.69) is 0 Å². The van der Waals surface area contributed by atoms with Crippen LogP contribution in [0.15, 0.2) is 30.3 Å². The summed E-state index contributed by atoms with van der Waals surface area (Å²) in [7, 11) is 0. The molecule has 60 valence electrons. The number of carbonyl (C=O) groups excluding carboxylic acids is 1. The molecular formula is C10H9NO. The molecule has 2 heteroatoms. The van der Waals surface area contributed by atoms with E-state index in [-0.39, 0.29) is 5.78 Å². The molecule has 0 aromatic heterocycles. The van der Waals surface area contributed by atoms with Crippen molar-refractivity contribution in [3.05, 3.63) is 35.9 Å². The Balaban J connectivity index is 2.45. The Morgan fingerprint density at radius 2 is 2.00 bits per heavy atom. The number of nitrogens with zero attached hydrogens (tertiary/aromatic N) is 1. The van der Waals surface area contributed by atoms with Gasteiger partial charge in [-0.2, -0.15) is 5.26 Å². The molecule has 0 saturated carbocycles. The SMILES string of the molecule is N#CC(=O)CCc1ccccc1. The van der Waals surface area contributed by atoms with Gasteiger partial charge in [0.1, 0.15) is 6.07 Å². The predicted molar refractivity (Wildman–Crippen MR) is 45.4 cm³/mol. The Labute approximate surface area is 71.4 Å². The van der Waals surface area contributed by atoms with Crippen molar-refractivity contribution in [3.8, 4) is 6.07 Å². The second kappa shape index (κ2) is 4.30. The first-order valence-electron chi connectivity index (χ1n) is 3.80. The van der Waals surface area contributed by atoms with Gasteiger partial charge < -0.3 is 0 Å². The Kier molecular flexibility index (Phi) is 3.04. The number of benzene rings is 1. The zero-order valence-corrected chi connectivity index (χ0v) is 6.66. The molecule has 0 unspecified atom stereocenters. The van der Waals surface area contributed by atoms with Crippen molar-refractivity contribution in [2.24, 2.45) is 0 Å². The Bertz CT molecular complexity index is 297. The van der Waals surface area contributed by atoms with Crippen LogP contribution in [0.1, 0.15) is 12.0 Å². The van der Waals surface area contributed by atoms with E-state index in [4.69, 9.17) is 5.26 Å². The highest BCUT2D eigenvalue weighted by molar-refractivity contribution is 5.93. The normalized spacial score (nSPS) is 8.92. The Morgan fingerprint density at radius 3 is 2.58 bits per heavy atom. The first kappa shape index (κ1) is 8.48. The van der Waals surface area contributed by atoms with Crippen molar-refractivity contribution < 1.29 is 4.79 Å². The summed E-state index contributed by atoms with van der Waals surface area (Å²) in [6.07, 6.45) is 0.980. The molecule has 2 nitrogen and oxygen atoms in total. The van der Waals surface area contributed by atoms with E-state index in [0.717, 1.165) is 5.56 Å². The summed E-state index contributed by atoms with van der Waals surface area (Å²) < 4.78 is 0. The first-order chi connectivity index (χ1) is 5.83. The van der Waals surface area contributed by atoms with Crippen molar-refractivity contribution in [3.63, 3.8) is 0 Å². The topological polar surface area (TPSA) is 40.9 Å². The molecule has 0 atom stereocenters. The van der Waals surface area contributed by atoms with Crippen LogP contribution in [0.3, 0.4) is 0 Å². The van der Waals surface area contributed by atoms with Crippen LogP contribution < -0.4 is 0 Å². The number of rotatable bonds is 3. The van der Waals surface area contributed by atoms with Gasteiger partial charge in [-0.25, -0.2) is 0 Å². The van der Waals surface area contributed by atoms with Gasteiger partial charge in [-0.15, -0.1) is 0 Å². The molecule has 1 rings (SSSR count). The highest BCUT2D eigenvalue weighted by Crippen LogP contribution is 2.01. The molecule has 1 aromatic carbocycles. The third kappa shape index (κ3) is 2.55. The standard InChI is InChI=1S/C10H9NO/c11-8-10(12)7-6-9-4-2-1-3-5-9/h1-5H,6-7H2. The maximum Gasteiger partial charge on any atom is 0.232 e. The minimum absolute atomic E-state index is 0.320. The monoisotopic (exact) mass is 159 g/mol. The van der Waals surface area contributed by atoms with Crippen LogP contribution >= 0.6 is 0 Å². The number of hydrogen-bond donors (Lipinski definition) is 0. The highest BCUT2D eigenvalue weighted by Gasteiger charge is 1.98. The Morgan fingerprint density at radius 1 is 1.33 bits per heavy atom. The summed E-state index contributed by atoms with van der Waals surface area (Å²) in [4.78, 5) is 10.6. The summed E-state index contributed by atoms with van der Waals surface area (Å²) in [5.41, 5.74) is 1.10. The van der Waals surface area contributed by atoms with Gasteiger partial charge in [0, 0.05) is 6.42 Å². The van der Waals surface area contributed by atoms with E-state index in [0.29, 0.717) is 12.8 Å². The zero-order chi connectivity index (χ0) is 8.81. The van der Waals surface area contributed by atoms with Gasteiger partial charge in [0.05, 0.1) is 0 Å². The average molecular weight is 159 g/mol. The predicted octanol–water partition coefficient (Wildman–Crippen LogP) is 1.71. The molecule has 0 aliphatic carbocycles. The molecule has 0 N–H and O–H groups in total.